The number of rotatable bonds is 7. The van der Waals surface area contributed by atoms with Crippen LogP contribution in [0, 0.1) is 5.92 Å². The summed E-state index contributed by atoms with van der Waals surface area (Å²) in [4.78, 5) is 11.9. The van der Waals surface area contributed by atoms with Gasteiger partial charge in [0.15, 0.2) is 0 Å². The normalized spacial score (nSPS) is 18.3. The van der Waals surface area contributed by atoms with Crippen LogP contribution in [0.5, 0.6) is 5.75 Å². The summed E-state index contributed by atoms with van der Waals surface area (Å²) in [5, 5.41) is 3.12. The SMILES string of the molecule is CC(Cc1ccc(-c2ccc(OC3CCCC3)cc2)cc1)NC(=O)C1CC1. The molecule has 3 heteroatoms. The van der Waals surface area contributed by atoms with Gasteiger partial charge in [0.1, 0.15) is 5.75 Å². The molecule has 1 unspecified atom stereocenters. The van der Waals surface area contributed by atoms with E-state index >= 15 is 0 Å². The minimum absolute atomic E-state index is 0.177. The maximum Gasteiger partial charge on any atom is 0.223 e. The van der Waals surface area contributed by atoms with Crippen molar-refractivity contribution < 1.29 is 9.53 Å². The first-order valence-corrected chi connectivity index (χ1v) is 10.3. The molecule has 2 aliphatic rings. The van der Waals surface area contributed by atoms with Crippen LogP contribution in [0.25, 0.3) is 11.1 Å². The van der Waals surface area contributed by atoms with Gasteiger partial charge in [-0.2, -0.15) is 0 Å². The molecule has 0 heterocycles. The number of carbonyl (C=O) groups is 1. The van der Waals surface area contributed by atoms with Crippen LogP contribution in [-0.2, 0) is 11.2 Å². The quantitative estimate of drug-likeness (QED) is 0.740. The van der Waals surface area contributed by atoms with Crippen molar-refractivity contribution in [1.29, 1.82) is 0 Å². The molecule has 0 aliphatic heterocycles. The van der Waals surface area contributed by atoms with E-state index in [0.717, 1.165) is 25.0 Å². The van der Waals surface area contributed by atoms with E-state index in [1.165, 1.54) is 42.4 Å². The van der Waals surface area contributed by atoms with Crippen LogP contribution in [0.4, 0.5) is 0 Å². The van der Waals surface area contributed by atoms with E-state index in [4.69, 9.17) is 4.74 Å². The summed E-state index contributed by atoms with van der Waals surface area (Å²) < 4.78 is 6.05. The van der Waals surface area contributed by atoms with Crippen molar-refractivity contribution in [2.24, 2.45) is 5.92 Å². The van der Waals surface area contributed by atoms with E-state index in [9.17, 15) is 4.79 Å². The van der Waals surface area contributed by atoms with E-state index in [2.05, 4.69) is 60.8 Å². The largest absolute Gasteiger partial charge is 0.490 e. The Balaban J connectivity index is 1.33. The molecule has 1 atom stereocenters. The summed E-state index contributed by atoms with van der Waals surface area (Å²) in [5.41, 5.74) is 3.67. The van der Waals surface area contributed by atoms with Crippen LogP contribution < -0.4 is 10.1 Å². The molecular weight excluding hydrogens is 334 g/mol. The van der Waals surface area contributed by atoms with Crippen molar-refractivity contribution in [2.45, 2.75) is 64.0 Å². The zero-order valence-corrected chi connectivity index (χ0v) is 16.1. The lowest BCUT2D eigenvalue weighted by molar-refractivity contribution is -0.122. The summed E-state index contributed by atoms with van der Waals surface area (Å²) in [6.45, 7) is 2.08. The highest BCUT2D eigenvalue weighted by atomic mass is 16.5. The number of nitrogens with one attached hydrogen (secondary N) is 1. The summed E-state index contributed by atoms with van der Waals surface area (Å²) in [6.07, 6.45) is 8.32. The average molecular weight is 364 g/mol. The lowest BCUT2D eigenvalue weighted by atomic mass is 10.0. The van der Waals surface area contributed by atoms with Crippen molar-refractivity contribution in [3.05, 3.63) is 54.1 Å². The molecule has 142 valence electrons. The molecule has 2 fully saturated rings. The molecule has 2 aliphatic carbocycles. The summed E-state index contributed by atoms with van der Waals surface area (Å²) >= 11 is 0. The Bertz CT molecular complexity index is 756. The van der Waals surface area contributed by atoms with Crippen molar-refractivity contribution in [3.8, 4) is 16.9 Å². The third kappa shape index (κ3) is 4.91. The van der Waals surface area contributed by atoms with Gasteiger partial charge < -0.3 is 10.1 Å². The number of ether oxygens (including phenoxy) is 1. The first-order chi connectivity index (χ1) is 13.2. The Labute approximate surface area is 162 Å². The van der Waals surface area contributed by atoms with Gasteiger partial charge in [0.2, 0.25) is 5.91 Å². The highest BCUT2D eigenvalue weighted by Gasteiger charge is 2.30. The third-order valence-electron chi connectivity index (χ3n) is 5.63. The number of hydrogen-bond acceptors (Lipinski definition) is 2. The zero-order chi connectivity index (χ0) is 18.6. The third-order valence-corrected chi connectivity index (χ3v) is 5.63. The van der Waals surface area contributed by atoms with E-state index in [1.54, 1.807) is 0 Å². The molecule has 27 heavy (non-hydrogen) atoms. The fraction of sp³-hybridized carbons (Fsp3) is 0.458. The number of carbonyl (C=O) groups excluding carboxylic acids is 1. The summed E-state index contributed by atoms with van der Waals surface area (Å²) in [7, 11) is 0. The number of benzene rings is 2. The van der Waals surface area contributed by atoms with E-state index in [1.807, 2.05) is 0 Å². The molecule has 0 bridgehead atoms. The van der Waals surface area contributed by atoms with Gasteiger partial charge in [-0.25, -0.2) is 0 Å². The number of hydrogen-bond donors (Lipinski definition) is 1. The minimum Gasteiger partial charge on any atom is -0.490 e. The fourth-order valence-corrected chi connectivity index (χ4v) is 3.87. The van der Waals surface area contributed by atoms with Crippen molar-refractivity contribution in [2.75, 3.05) is 0 Å². The van der Waals surface area contributed by atoms with E-state index < -0.39 is 0 Å². The molecular formula is C24H29NO2. The minimum atomic E-state index is 0.177. The molecule has 4 rings (SSSR count). The van der Waals surface area contributed by atoms with Gasteiger partial charge >= 0.3 is 0 Å². The molecule has 0 spiro atoms. The van der Waals surface area contributed by atoms with Crippen molar-refractivity contribution in [1.82, 2.24) is 5.32 Å². The molecule has 0 saturated heterocycles. The predicted octanol–water partition coefficient (Wildman–Crippen LogP) is 5.13. The van der Waals surface area contributed by atoms with Gasteiger partial charge in [0.05, 0.1) is 6.10 Å². The lowest BCUT2D eigenvalue weighted by Gasteiger charge is -2.14. The zero-order valence-electron chi connectivity index (χ0n) is 16.1. The van der Waals surface area contributed by atoms with Crippen LogP contribution >= 0.6 is 0 Å². The molecule has 2 aromatic carbocycles. The monoisotopic (exact) mass is 363 g/mol. The van der Waals surface area contributed by atoms with Gasteiger partial charge in [-0.3, -0.25) is 4.79 Å². The Kier molecular flexibility index (Phi) is 5.47. The molecule has 2 saturated carbocycles. The van der Waals surface area contributed by atoms with Crippen LogP contribution in [-0.4, -0.2) is 18.1 Å². The lowest BCUT2D eigenvalue weighted by Crippen LogP contribution is -2.35. The average Bonchev–Trinajstić information content (AvgIpc) is 3.41. The summed E-state index contributed by atoms with van der Waals surface area (Å²) in [5.74, 6) is 1.47. The Morgan fingerprint density at radius 1 is 0.963 bits per heavy atom. The standard InChI is InChI=1S/C24H29NO2/c1-17(25-24(26)21-10-11-21)16-18-6-8-19(9-7-18)20-12-14-23(15-13-20)27-22-4-2-3-5-22/h6-9,12-15,17,21-22H,2-5,10-11,16H2,1H3,(H,25,26). The van der Waals surface area contributed by atoms with E-state index in [-0.39, 0.29) is 17.9 Å². The molecule has 3 nitrogen and oxygen atoms in total. The fourth-order valence-electron chi connectivity index (χ4n) is 3.87. The second kappa shape index (κ2) is 8.16. The highest BCUT2D eigenvalue weighted by molar-refractivity contribution is 5.81. The van der Waals surface area contributed by atoms with Gasteiger partial charge in [-0.15, -0.1) is 0 Å². The smallest absolute Gasteiger partial charge is 0.223 e. The highest BCUT2D eigenvalue weighted by Crippen LogP contribution is 2.29. The molecule has 1 N–H and O–H groups in total. The van der Waals surface area contributed by atoms with Crippen LogP contribution in [0.2, 0.25) is 0 Å². The molecule has 1 amide bonds. The second-order valence-electron chi connectivity index (χ2n) is 8.13. The van der Waals surface area contributed by atoms with Gasteiger partial charge in [0, 0.05) is 12.0 Å². The Morgan fingerprint density at radius 2 is 1.56 bits per heavy atom. The van der Waals surface area contributed by atoms with Gasteiger partial charge in [0.25, 0.3) is 0 Å². The Morgan fingerprint density at radius 3 is 2.15 bits per heavy atom. The summed E-state index contributed by atoms with van der Waals surface area (Å²) in [6, 6.07) is 17.3. The van der Waals surface area contributed by atoms with Crippen LogP contribution in [0.1, 0.15) is 51.0 Å². The van der Waals surface area contributed by atoms with Crippen LogP contribution in [0.15, 0.2) is 48.5 Å². The van der Waals surface area contributed by atoms with Gasteiger partial charge in [-0.05, 0) is 80.7 Å². The maximum atomic E-state index is 11.9. The van der Waals surface area contributed by atoms with Crippen LogP contribution in [0.3, 0.4) is 0 Å². The van der Waals surface area contributed by atoms with E-state index in [0.29, 0.717) is 6.10 Å². The molecule has 0 radical (unpaired) electrons. The van der Waals surface area contributed by atoms with Gasteiger partial charge in [-0.1, -0.05) is 36.4 Å². The number of amides is 1. The molecule has 0 aromatic heterocycles. The van der Waals surface area contributed by atoms with Crippen molar-refractivity contribution >= 4 is 5.91 Å². The topological polar surface area (TPSA) is 38.3 Å². The predicted molar refractivity (Wildman–Crippen MR) is 109 cm³/mol. The maximum absolute atomic E-state index is 11.9. The molecule has 2 aromatic rings. The Hall–Kier alpha value is -2.29. The first-order valence-electron chi connectivity index (χ1n) is 10.3. The second-order valence-corrected chi connectivity index (χ2v) is 8.13. The van der Waals surface area contributed by atoms with Crippen molar-refractivity contribution in [3.63, 3.8) is 0 Å². The first kappa shape index (κ1) is 18.1.